The number of hydrogen-bond acceptors (Lipinski definition) is 2. The zero-order chi connectivity index (χ0) is 15.7. The maximum atomic E-state index is 15.3. The van der Waals surface area contributed by atoms with Gasteiger partial charge in [-0.2, -0.15) is 0 Å². The molecule has 0 heterocycles. The van der Waals surface area contributed by atoms with Gasteiger partial charge < -0.3 is 5.11 Å². The van der Waals surface area contributed by atoms with E-state index in [9.17, 15) is 9.90 Å². The lowest BCUT2D eigenvalue weighted by Gasteiger charge is -2.58. The molecule has 3 saturated carbocycles. The Bertz CT molecular complexity index is 542. The Labute approximate surface area is 132 Å². The first-order valence-corrected chi connectivity index (χ1v) is 8.92. The van der Waals surface area contributed by atoms with Gasteiger partial charge in [-0.3, -0.25) is 4.79 Å². The lowest BCUT2D eigenvalue weighted by atomic mass is 9.47. The van der Waals surface area contributed by atoms with Crippen LogP contribution in [-0.2, 0) is 4.79 Å². The number of fused-ring (bicyclic) bond motifs is 5. The van der Waals surface area contributed by atoms with E-state index >= 15 is 4.39 Å². The second-order valence-corrected chi connectivity index (χ2v) is 8.71. The van der Waals surface area contributed by atoms with E-state index < -0.39 is 6.17 Å². The Kier molecular flexibility index (Phi) is 3.15. The SMILES string of the molecule is C[C@]12CCC(=O)C=C1CC[C@@H]1[C@H]2C(F)C[C@]2(C)C(O)CC[C@@H]12. The lowest BCUT2D eigenvalue weighted by molar-refractivity contribution is -0.125. The molecule has 122 valence electrons. The molecule has 0 amide bonds. The number of hydrogen-bond donors (Lipinski definition) is 1. The van der Waals surface area contributed by atoms with Crippen molar-refractivity contribution in [3.8, 4) is 0 Å². The van der Waals surface area contributed by atoms with E-state index in [1.165, 1.54) is 5.57 Å². The molecule has 0 aromatic heterocycles. The van der Waals surface area contributed by atoms with Gasteiger partial charge in [0.25, 0.3) is 0 Å². The summed E-state index contributed by atoms with van der Waals surface area (Å²) in [7, 11) is 0. The first-order chi connectivity index (χ1) is 10.4. The van der Waals surface area contributed by atoms with Crippen molar-refractivity contribution in [1.29, 1.82) is 0 Å². The molecular weight excluding hydrogens is 279 g/mol. The molecule has 22 heavy (non-hydrogen) atoms. The van der Waals surface area contributed by atoms with Crippen molar-refractivity contribution in [3.05, 3.63) is 11.6 Å². The summed E-state index contributed by atoms with van der Waals surface area (Å²) >= 11 is 0. The molecule has 0 aromatic carbocycles. The normalized spacial score (nSPS) is 54.3. The number of carbonyl (C=O) groups is 1. The lowest BCUT2D eigenvalue weighted by Crippen LogP contribution is -2.56. The van der Waals surface area contributed by atoms with Crippen molar-refractivity contribution in [2.24, 2.45) is 28.6 Å². The van der Waals surface area contributed by atoms with Crippen molar-refractivity contribution in [3.63, 3.8) is 0 Å². The van der Waals surface area contributed by atoms with Crippen LogP contribution in [-0.4, -0.2) is 23.2 Å². The van der Waals surface area contributed by atoms with Crippen molar-refractivity contribution >= 4 is 5.78 Å². The Morgan fingerprint density at radius 3 is 2.77 bits per heavy atom. The molecule has 0 aliphatic heterocycles. The highest BCUT2D eigenvalue weighted by atomic mass is 19.1. The number of aliphatic hydroxyl groups excluding tert-OH is 1. The van der Waals surface area contributed by atoms with Crippen LogP contribution in [0.3, 0.4) is 0 Å². The van der Waals surface area contributed by atoms with Gasteiger partial charge in [-0.05, 0) is 67.3 Å². The monoisotopic (exact) mass is 306 g/mol. The predicted molar refractivity (Wildman–Crippen MR) is 83.0 cm³/mol. The van der Waals surface area contributed by atoms with Gasteiger partial charge in [0.2, 0.25) is 0 Å². The van der Waals surface area contributed by atoms with Gasteiger partial charge in [0.1, 0.15) is 6.17 Å². The predicted octanol–water partition coefficient (Wildman–Crippen LogP) is 3.83. The van der Waals surface area contributed by atoms with Gasteiger partial charge >= 0.3 is 0 Å². The summed E-state index contributed by atoms with van der Waals surface area (Å²) < 4.78 is 15.3. The second-order valence-electron chi connectivity index (χ2n) is 8.71. The molecule has 4 rings (SSSR count). The molecule has 0 aromatic rings. The van der Waals surface area contributed by atoms with Crippen LogP contribution in [0.15, 0.2) is 11.6 Å². The average molecular weight is 306 g/mol. The van der Waals surface area contributed by atoms with E-state index in [1.54, 1.807) is 0 Å². The third kappa shape index (κ3) is 1.78. The number of aliphatic hydroxyl groups is 1. The molecular formula is C19H27FO2. The summed E-state index contributed by atoms with van der Waals surface area (Å²) in [5, 5.41) is 10.4. The van der Waals surface area contributed by atoms with Crippen LogP contribution < -0.4 is 0 Å². The molecule has 3 fully saturated rings. The molecule has 7 atom stereocenters. The highest BCUT2D eigenvalue weighted by Gasteiger charge is 2.62. The summed E-state index contributed by atoms with van der Waals surface area (Å²) in [6, 6.07) is 0. The molecule has 0 saturated heterocycles. The molecule has 0 radical (unpaired) electrons. The first kappa shape index (κ1) is 14.9. The minimum atomic E-state index is -0.846. The number of carbonyl (C=O) groups excluding carboxylic acids is 1. The Hall–Kier alpha value is -0.700. The van der Waals surface area contributed by atoms with Gasteiger partial charge in [-0.1, -0.05) is 19.4 Å². The molecule has 2 unspecified atom stereocenters. The standard InChI is InChI=1S/C19H27FO2/c1-18-8-7-12(21)9-11(18)3-4-13-14-5-6-16(22)19(14,2)10-15(20)17(13)18/h9,13-17,22H,3-8,10H2,1-2H3/t13-,14-,15?,16?,17-,18-,19-/m0/s1. The minimum absolute atomic E-state index is 0.0453. The largest absolute Gasteiger partial charge is 0.393 e. The molecule has 2 nitrogen and oxygen atoms in total. The van der Waals surface area contributed by atoms with E-state index in [2.05, 4.69) is 13.8 Å². The summed E-state index contributed by atoms with van der Waals surface area (Å²) in [6.07, 6.45) is 6.32. The van der Waals surface area contributed by atoms with E-state index in [0.717, 1.165) is 32.1 Å². The van der Waals surface area contributed by atoms with E-state index in [-0.39, 0.29) is 28.6 Å². The minimum Gasteiger partial charge on any atom is -0.393 e. The summed E-state index contributed by atoms with van der Waals surface area (Å²) in [5.74, 6) is 1.10. The van der Waals surface area contributed by atoms with Crippen LogP contribution in [0.5, 0.6) is 0 Å². The molecule has 0 spiro atoms. The summed E-state index contributed by atoms with van der Waals surface area (Å²) in [6.45, 7) is 4.30. The van der Waals surface area contributed by atoms with Crippen molar-refractivity contribution in [2.45, 2.75) is 71.1 Å². The van der Waals surface area contributed by atoms with Crippen LogP contribution in [0.4, 0.5) is 4.39 Å². The van der Waals surface area contributed by atoms with Gasteiger partial charge in [0, 0.05) is 12.3 Å². The van der Waals surface area contributed by atoms with Crippen LogP contribution >= 0.6 is 0 Å². The van der Waals surface area contributed by atoms with Crippen LogP contribution in [0.2, 0.25) is 0 Å². The van der Waals surface area contributed by atoms with Crippen molar-refractivity contribution in [2.75, 3.05) is 0 Å². The van der Waals surface area contributed by atoms with E-state index in [1.807, 2.05) is 6.08 Å². The number of rotatable bonds is 0. The number of alkyl halides is 1. The molecule has 0 bridgehead atoms. The van der Waals surface area contributed by atoms with Crippen LogP contribution in [0, 0.1) is 28.6 Å². The fraction of sp³-hybridized carbons (Fsp3) is 0.842. The topological polar surface area (TPSA) is 37.3 Å². The molecule has 3 heteroatoms. The highest BCUT2D eigenvalue weighted by molar-refractivity contribution is 5.91. The number of allylic oxidation sites excluding steroid dienone is 1. The zero-order valence-electron chi connectivity index (χ0n) is 13.6. The van der Waals surface area contributed by atoms with Crippen LogP contribution in [0.25, 0.3) is 0 Å². The third-order valence-electron chi connectivity index (χ3n) is 7.80. The fourth-order valence-electron chi connectivity index (χ4n) is 6.59. The summed E-state index contributed by atoms with van der Waals surface area (Å²) in [4.78, 5) is 11.8. The average Bonchev–Trinajstić information content (AvgIpc) is 2.75. The Morgan fingerprint density at radius 2 is 2.00 bits per heavy atom. The quantitative estimate of drug-likeness (QED) is 0.738. The Morgan fingerprint density at radius 1 is 1.23 bits per heavy atom. The number of halogens is 1. The maximum Gasteiger partial charge on any atom is 0.155 e. The first-order valence-electron chi connectivity index (χ1n) is 8.92. The second kappa shape index (κ2) is 4.66. The van der Waals surface area contributed by atoms with Crippen LogP contribution in [0.1, 0.15) is 58.8 Å². The van der Waals surface area contributed by atoms with E-state index in [4.69, 9.17) is 0 Å². The summed E-state index contributed by atoms with van der Waals surface area (Å²) in [5.41, 5.74) is 0.836. The van der Waals surface area contributed by atoms with Crippen molar-refractivity contribution < 1.29 is 14.3 Å². The zero-order valence-corrected chi connectivity index (χ0v) is 13.6. The van der Waals surface area contributed by atoms with Crippen molar-refractivity contribution in [1.82, 2.24) is 0 Å². The van der Waals surface area contributed by atoms with E-state index in [0.29, 0.717) is 24.7 Å². The Balaban J connectivity index is 1.74. The molecule has 1 N–H and O–H groups in total. The smallest absolute Gasteiger partial charge is 0.155 e. The number of ketones is 1. The highest BCUT2D eigenvalue weighted by Crippen LogP contribution is 2.65. The van der Waals surface area contributed by atoms with Gasteiger partial charge in [0.05, 0.1) is 6.10 Å². The maximum absolute atomic E-state index is 15.3. The van der Waals surface area contributed by atoms with Gasteiger partial charge in [0.15, 0.2) is 5.78 Å². The van der Waals surface area contributed by atoms with Gasteiger partial charge in [-0.15, -0.1) is 0 Å². The molecule has 4 aliphatic carbocycles. The fourth-order valence-corrected chi connectivity index (χ4v) is 6.59. The molecule has 4 aliphatic rings. The third-order valence-corrected chi connectivity index (χ3v) is 7.80. The van der Waals surface area contributed by atoms with Gasteiger partial charge in [-0.25, -0.2) is 4.39 Å².